The fourth-order valence-corrected chi connectivity index (χ4v) is 3.41. The second kappa shape index (κ2) is 8.14. The van der Waals surface area contributed by atoms with Crippen molar-refractivity contribution in [2.75, 3.05) is 5.32 Å². The Bertz CT molecular complexity index is 947. The number of nitrogens with zero attached hydrogens (tertiary/aromatic N) is 1. The predicted molar refractivity (Wildman–Crippen MR) is 108 cm³/mol. The third kappa shape index (κ3) is 4.60. The molecule has 0 aliphatic rings. The summed E-state index contributed by atoms with van der Waals surface area (Å²) in [5, 5.41) is 3.17. The molecule has 2 aromatic carbocycles. The van der Waals surface area contributed by atoms with Gasteiger partial charge in [0.1, 0.15) is 5.75 Å². The van der Waals surface area contributed by atoms with Crippen molar-refractivity contribution >= 4 is 28.2 Å². The number of aromatic nitrogens is 1. The molecule has 0 bridgehead atoms. The molecule has 3 aromatic rings. The minimum absolute atomic E-state index is 0.0707. The second-order valence-corrected chi connectivity index (χ2v) is 7.26. The molecule has 0 radical (unpaired) electrons. The van der Waals surface area contributed by atoms with Crippen LogP contribution in [0.15, 0.2) is 54.6 Å². The minimum Gasteiger partial charge on any atom is -0.491 e. The summed E-state index contributed by atoms with van der Waals surface area (Å²) in [7, 11) is 0. The number of carbonyl (C=O) groups is 2. The normalized spacial score (nSPS) is 10.7. The molecule has 27 heavy (non-hydrogen) atoms. The Morgan fingerprint density at radius 1 is 1.04 bits per heavy atom. The molecule has 3 rings (SSSR count). The monoisotopic (exact) mass is 380 g/mol. The number of ether oxygens (including phenoxy) is 1. The standard InChI is InChI=1S/C21H20N2O3S/c1-13(2)26-17-11-9-16(10-12-17)20(25)23-21-22-18(19(27-21)14(3)24)15-7-5-4-6-8-15/h4-13H,1-3H3,(H,22,23,25). The minimum atomic E-state index is -0.283. The van der Waals surface area contributed by atoms with E-state index in [2.05, 4.69) is 10.3 Å². The van der Waals surface area contributed by atoms with Crippen molar-refractivity contribution in [3.63, 3.8) is 0 Å². The maximum atomic E-state index is 12.5. The van der Waals surface area contributed by atoms with Gasteiger partial charge in [-0.05, 0) is 38.1 Å². The highest BCUT2D eigenvalue weighted by Crippen LogP contribution is 2.31. The van der Waals surface area contributed by atoms with E-state index in [9.17, 15) is 9.59 Å². The Morgan fingerprint density at radius 2 is 1.70 bits per heavy atom. The molecule has 0 fully saturated rings. The number of Topliss-reactive ketones (excluding diaryl/α,β-unsaturated/α-hetero) is 1. The maximum Gasteiger partial charge on any atom is 0.257 e. The van der Waals surface area contributed by atoms with E-state index < -0.39 is 0 Å². The van der Waals surface area contributed by atoms with Crippen molar-refractivity contribution in [3.05, 3.63) is 65.0 Å². The second-order valence-electron chi connectivity index (χ2n) is 6.26. The summed E-state index contributed by atoms with van der Waals surface area (Å²) < 4.78 is 5.58. The van der Waals surface area contributed by atoms with Gasteiger partial charge in [0.05, 0.1) is 16.7 Å². The molecule has 1 N–H and O–H groups in total. The van der Waals surface area contributed by atoms with Crippen LogP contribution in [-0.4, -0.2) is 22.8 Å². The topological polar surface area (TPSA) is 68.3 Å². The van der Waals surface area contributed by atoms with Gasteiger partial charge < -0.3 is 4.74 Å². The molecule has 1 aromatic heterocycles. The number of nitrogens with one attached hydrogen (secondary N) is 1. The number of hydrogen-bond acceptors (Lipinski definition) is 5. The summed E-state index contributed by atoms with van der Waals surface area (Å²) in [6, 6.07) is 16.4. The van der Waals surface area contributed by atoms with Crippen molar-refractivity contribution in [2.24, 2.45) is 0 Å². The van der Waals surface area contributed by atoms with Gasteiger partial charge in [-0.15, -0.1) is 0 Å². The third-order valence-corrected chi connectivity index (χ3v) is 4.77. The van der Waals surface area contributed by atoms with Gasteiger partial charge in [0.2, 0.25) is 0 Å². The van der Waals surface area contributed by atoms with Gasteiger partial charge in [-0.25, -0.2) is 4.98 Å². The number of rotatable bonds is 6. The summed E-state index contributed by atoms with van der Waals surface area (Å²) >= 11 is 1.18. The molecule has 138 valence electrons. The largest absolute Gasteiger partial charge is 0.491 e. The van der Waals surface area contributed by atoms with Crippen molar-refractivity contribution in [1.82, 2.24) is 4.98 Å². The molecular weight excluding hydrogens is 360 g/mol. The van der Waals surface area contributed by atoms with Crippen LogP contribution >= 0.6 is 11.3 Å². The zero-order valence-electron chi connectivity index (χ0n) is 15.4. The van der Waals surface area contributed by atoms with E-state index in [1.807, 2.05) is 44.2 Å². The number of benzene rings is 2. The van der Waals surface area contributed by atoms with Crippen LogP contribution in [-0.2, 0) is 0 Å². The smallest absolute Gasteiger partial charge is 0.257 e. The van der Waals surface area contributed by atoms with Crippen LogP contribution in [0.2, 0.25) is 0 Å². The van der Waals surface area contributed by atoms with Crippen molar-refractivity contribution in [1.29, 1.82) is 0 Å². The molecule has 0 aliphatic carbocycles. The van der Waals surface area contributed by atoms with E-state index in [-0.39, 0.29) is 17.8 Å². The molecule has 0 aliphatic heterocycles. The molecule has 1 heterocycles. The molecular formula is C21H20N2O3S. The van der Waals surface area contributed by atoms with Crippen molar-refractivity contribution in [3.8, 4) is 17.0 Å². The van der Waals surface area contributed by atoms with E-state index in [1.54, 1.807) is 24.3 Å². The Morgan fingerprint density at radius 3 is 2.30 bits per heavy atom. The average molecular weight is 380 g/mol. The van der Waals surface area contributed by atoms with E-state index >= 15 is 0 Å². The first-order valence-corrected chi connectivity index (χ1v) is 9.41. The first kappa shape index (κ1) is 18.8. The first-order chi connectivity index (χ1) is 12.9. The Labute approximate surface area is 162 Å². The molecule has 0 atom stereocenters. The van der Waals surface area contributed by atoms with E-state index in [4.69, 9.17) is 4.74 Å². The quantitative estimate of drug-likeness (QED) is 0.608. The zero-order chi connectivity index (χ0) is 19.4. The summed E-state index contributed by atoms with van der Waals surface area (Å²) in [6.07, 6.45) is 0.0707. The number of thiazole rings is 1. The lowest BCUT2D eigenvalue weighted by atomic mass is 10.1. The Hall–Kier alpha value is -2.99. The van der Waals surface area contributed by atoms with Gasteiger partial charge >= 0.3 is 0 Å². The molecule has 0 saturated heterocycles. The first-order valence-electron chi connectivity index (χ1n) is 8.59. The lowest BCUT2D eigenvalue weighted by molar-refractivity contribution is 0.101. The number of hydrogen-bond donors (Lipinski definition) is 1. The number of carbonyl (C=O) groups excluding carboxylic acids is 2. The third-order valence-electron chi connectivity index (χ3n) is 3.70. The molecule has 0 saturated carbocycles. The number of ketones is 1. The Kier molecular flexibility index (Phi) is 5.66. The lowest BCUT2D eigenvalue weighted by Crippen LogP contribution is -2.12. The van der Waals surface area contributed by atoms with Gasteiger partial charge in [0.25, 0.3) is 5.91 Å². The molecule has 0 spiro atoms. The number of anilines is 1. The highest BCUT2D eigenvalue weighted by molar-refractivity contribution is 7.18. The molecule has 6 heteroatoms. The van der Waals surface area contributed by atoms with Gasteiger partial charge in [0.15, 0.2) is 10.9 Å². The summed E-state index contributed by atoms with van der Waals surface area (Å²) in [5.74, 6) is 0.345. The van der Waals surface area contributed by atoms with Crippen LogP contribution in [0.5, 0.6) is 5.75 Å². The van der Waals surface area contributed by atoms with E-state index in [0.717, 1.165) is 5.56 Å². The fourth-order valence-electron chi connectivity index (χ4n) is 2.53. The Balaban J connectivity index is 1.81. The van der Waals surface area contributed by atoms with Crippen molar-refractivity contribution in [2.45, 2.75) is 26.9 Å². The van der Waals surface area contributed by atoms with Gasteiger partial charge in [-0.3, -0.25) is 14.9 Å². The van der Waals surface area contributed by atoms with Gasteiger partial charge in [0, 0.05) is 18.1 Å². The zero-order valence-corrected chi connectivity index (χ0v) is 16.2. The van der Waals surface area contributed by atoms with Crippen LogP contribution in [0.3, 0.4) is 0 Å². The fraction of sp³-hybridized carbons (Fsp3) is 0.190. The van der Waals surface area contributed by atoms with Crippen LogP contribution in [0.1, 0.15) is 40.8 Å². The van der Waals surface area contributed by atoms with Gasteiger partial charge in [-0.2, -0.15) is 0 Å². The molecule has 0 unspecified atom stereocenters. The number of amides is 1. The predicted octanol–water partition coefficient (Wildman–Crippen LogP) is 5.05. The molecule has 1 amide bonds. The highest BCUT2D eigenvalue weighted by atomic mass is 32.1. The maximum absolute atomic E-state index is 12.5. The van der Waals surface area contributed by atoms with Crippen LogP contribution in [0.25, 0.3) is 11.3 Å². The summed E-state index contributed by atoms with van der Waals surface area (Å²) in [5.41, 5.74) is 1.92. The lowest BCUT2D eigenvalue weighted by Gasteiger charge is -2.09. The van der Waals surface area contributed by atoms with Crippen LogP contribution in [0.4, 0.5) is 5.13 Å². The van der Waals surface area contributed by atoms with Crippen LogP contribution in [0, 0.1) is 0 Å². The van der Waals surface area contributed by atoms with Crippen LogP contribution < -0.4 is 10.1 Å². The van der Waals surface area contributed by atoms with Crippen molar-refractivity contribution < 1.29 is 14.3 Å². The highest BCUT2D eigenvalue weighted by Gasteiger charge is 2.18. The molecule has 5 nitrogen and oxygen atoms in total. The summed E-state index contributed by atoms with van der Waals surface area (Å²) in [6.45, 7) is 5.39. The van der Waals surface area contributed by atoms with Gasteiger partial charge in [-0.1, -0.05) is 41.7 Å². The average Bonchev–Trinajstić information content (AvgIpc) is 3.06. The summed E-state index contributed by atoms with van der Waals surface area (Å²) in [4.78, 5) is 29.5. The van der Waals surface area contributed by atoms with E-state index in [1.165, 1.54) is 18.3 Å². The SMILES string of the molecule is CC(=O)c1sc(NC(=O)c2ccc(OC(C)C)cc2)nc1-c1ccccc1. The van der Waals surface area contributed by atoms with E-state index in [0.29, 0.717) is 27.0 Å².